The Kier molecular flexibility index (Phi) is 11.0. The van der Waals surface area contributed by atoms with Crippen LogP contribution in [-0.2, 0) is 15.7 Å². The molecule has 0 aliphatic carbocycles. The Morgan fingerprint density at radius 3 is 2.53 bits per heavy atom. The Morgan fingerprint density at radius 2 is 1.88 bits per heavy atom. The van der Waals surface area contributed by atoms with Crippen LogP contribution < -0.4 is 20.7 Å². The quantitative estimate of drug-likeness (QED) is 0.136. The van der Waals surface area contributed by atoms with Crippen LogP contribution in [0.15, 0.2) is 36.4 Å². The molecule has 1 fully saturated rings. The molecule has 0 spiro atoms. The summed E-state index contributed by atoms with van der Waals surface area (Å²) in [4.78, 5) is 2.63. The molecule has 3 aromatic rings. The number of methoxy groups -OCH3 is 1. The van der Waals surface area contributed by atoms with E-state index in [1.807, 2.05) is 6.07 Å². The summed E-state index contributed by atoms with van der Waals surface area (Å²) < 4.78 is 89.8. The van der Waals surface area contributed by atoms with E-state index in [-0.39, 0.29) is 29.6 Å². The van der Waals surface area contributed by atoms with Crippen LogP contribution in [0, 0.1) is 11.8 Å². The average molecular weight is 644 g/mol. The summed E-state index contributed by atoms with van der Waals surface area (Å²) in [6.45, 7) is 3.26. The number of fused-ring (bicyclic) bond motifs is 1. The Labute approximate surface area is 252 Å². The van der Waals surface area contributed by atoms with Gasteiger partial charge < -0.3 is 29.6 Å². The zero-order valence-corrected chi connectivity index (χ0v) is 25.9. The fourth-order valence-corrected chi connectivity index (χ4v) is 6.98. The molecule has 0 atom stereocenters. The first-order chi connectivity index (χ1) is 20.3. The summed E-state index contributed by atoms with van der Waals surface area (Å²) in [7, 11) is -1.05. The van der Waals surface area contributed by atoms with Crippen molar-refractivity contribution in [1.29, 1.82) is 0 Å². The second-order valence-electron chi connectivity index (χ2n) is 10.7. The number of hydrogen-bond donors (Lipinski definition) is 2. The fourth-order valence-electron chi connectivity index (χ4n) is 4.95. The van der Waals surface area contributed by atoms with Crippen LogP contribution in [0.4, 0.5) is 33.3 Å². The summed E-state index contributed by atoms with van der Waals surface area (Å²) in [6, 6.07) is 9.85. The van der Waals surface area contributed by atoms with Crippen LogP contribution >= 0.6 is 18.5 Å². The average Bonchev–Trinajstić information content (AvgIpc) is 3.27. The van der Waals surface area contributed by atoms with Crippen LogP contribution in [0.3, 0.4) is 0 Å². The number of nitrogens with zero attached hydrogens (tertiary/aromatic N) is 1. The lowest BCUT2D eigenvalue weighted by Crippen LogP contribution is -2.40. The van der Waals surface area contributed by atoms with E-state index in [9.17, 15) is 26.5 Å². The van der Waals surface area contributed by atoms with Crippen molar-refractivity contribution in [3.05, 3.63) is 46.8 Å². The fraction of sp³-hybridized carbons (Fsp3) is 0.467. The second-order valence-corrected chi connectivity index (χ2v) is 14.9. The van der Waals surface area contributed by atoms with Crippen molar-refractivity contribution in [3.8, 4) is 17.6 Å². The Balaban J connectivity index is 1.55. The number of alkyl halides is 5. The number of halogens is 5. The monoisotopic (exact) mass is 643 g/mol. The SMILES string of the molecule is COCCN1CCC(Nc2cccc3c(CC(F)(F)F)c(C#CCNc4ccc(P(C)(C)=O)cc4OC(F)F)sc23)CC1. The van der Waals surface area contributed by atoms with Gasteiger partial charge in [-0.1, -0.05) is 24.0 Å². The largest absolute Gasteiger partial charge is 0.433 e. The van der Waals surface area contributed by atoms with Crippen molar-refractivity contribution in [2.24, 2.45) is 0 Å². The summed E-state index contributed by atoms with van der Waals surface area (Å²) in [6.07, 6.45) is -3.73. The van der Waals surface area contributed by atoms with Gasteiger partial charge in [0.15, 0.2) is 0 Å². The van der Waals surface area contributed by atoms with Crippen LogP contribution in [0.25, 0.3) is 10.1 Å². The molecule has 234 valence electrons. The van der Waals surface area contributed by atoms with Crippen molar-refractivity contribution in [2.45, 2.75) is 38.1 Å². The van der Waals surface area contributed by atoms with E-state index in [4.69, 9.17) is 4.74 Å². The summed E-state index contributed by atoms with van der Waals surface area (Å²) >= 11 is 1.21. The van der Waals surface area contributed by atoms with E-state index in [2.05, 4.69) is 32.1 Å². The molecule has 1 aliphatic rings. The molecule has 6 nitrogen and oxygen atoms in total. The molecule has 0 radical (unpaired) electrons. The molecule has 1 saturated heterocycles. The van der Waals surface area contributed by atoms with Gasteiger partial charge in [0.25, 0.3) is 0 Å². The van der Waals surface area contributed by atoms with Gasteiger partial charge in [0, 0.05) is 38.1 Å². The first-order valence-electron chi connectivity index (χ1n) is 13.8. The van der Waals surface area contributed by atoms with Gasteiger partial charge in [-0.2, -0.15) is 22.0 Å². The zero-order chi connectivity index (χ0) is 31.2. The number of likely N-dealkylation sites (tertiary alicyclic amines) is 1. The third-order valence-electron chi connectivity index (χ3n) is 7.13. The highest BCUT2D eigenvalue weighted by molar-refractivity contribution is 7.70. The molecule has 0 saturated carbocycles. The lowest BCUT2D eigenvalue weighted by Gasteiger charge is -2.32. The minimum atomic E-state index is -4.43. The lowest BCUT2D eigenvalue weighted by molar-refractivity contribution is -0.126. The molecule has 1 aliphatic heterocycles. The number of benzene rings is 2. The topological polar surface area (TPSA) is 62.8 Å². The highest BCUT2D eigenvalue weighted by Gasteiger charge is 2.31. The van der Waals surface area contributed by atoms with E-state index in [1.54, 1.807) is 25.3 Å². The molecule has 43 heavy (non-hydrogen) atoms. The standard InChI is InChI=1S/C30H35F5N3O3PS/c1-40-17-16-38-14-11-20(12-15-38)37-25-7-4-6-22-23(19-30(33,34)35)27(43-28(22)25)8-5-13-36-24-10-9-21(42(2,3)39)18-26(24)41-29(31)32/h4,6-7,9-10,18,20,29,36-37H,11-17,19H2,1-3H3. The minimum Gasteiger partial charge on any atom is -0.433 e. The number of piperidine rings is 1. The van der Waals surface area contributed by atoms with Crippen LogP contribution in [0.1, 0.15) is 23.3 Å². The molecule has 2 heterocycles. The van der Waals surface area contributed by atoms with E-state index in [0.29, 0.717) is 26.9 Å². The number of ether oxygens (including phenoxy) is 2. The molecule has 4 rings (SSSR count). The number of thiophene rings is 1. The van der Waals surface area contributed by atoms with Gasteiger partial charge in [0.2, 0.25) is 0 Å². The summed E-state index contributed by atoms with van der Waals surface area (Å²) in [5.41, 5.74) is 1.11. The molecule has 2 N–H and O–H groups in total. The van der Waals surface area contributed by atoms with E-state index >= 15 is 0 Å². The Morgan fingerprint density at radius 1 is 1.14 bits per heavy atom. The Bertz CT molecular complexity index is 1500. The molecule has 0 bridgehead atoms. The number of rotatable bonds is 11. The molecular weight excluding hydrogens is 608 g/mol. The molecule has 13 heteroatoms. The number of anilines is 2. The maximum Gasteiger partial charge on any atom is 0.393 e. The maximum atomic E-state index is 13.6. The summed E-state index contributed by atoms with van der Waals surface area (Å²) in [5, 5.41) is 7.32. The van der Waals surface area contributed by atoms with E-state index in [0.717, 1.165) is 38.2 Å². The third-order valence-corrected chi connectivity index (χ3v) is 9.84. The van der Waals surface area contributed by atoms with E-state index in [1.165, 1.54) is 36.8 Å². The van der Waals surface area contributed by atoms with Crippen LogP contribution in [0.2, 0.25) is 0 Å². The maximum absolute atomic E-state index is 13.6. The van der Waals surface area contributed by atoms with Gasteiger partial charge in [-0.05, 0) is 61.4 Å². The van der Waals surface area contributed by atoms with Crippen molar-refractivity contribution >= 4 is 45.2 Å². The highest BCUT2D eigenvalue weighted by Crippen LogP contribution is 2.40. The van der Waals surface area contributed by atoms with Crippen molar-refractivity contribution in [2.75, 3.05) is 63.9 Å². The number of hydrogen-bond acceptors (Lipinski definition) is 7. The molecule has 0 unspecified atom stereocenters. The zero-order valence-electron chi connectivity index (χ0n) is 24.2. The molecule has 1 aromatic heterocycles. The van der Waals surface area contributed by atoms with Gasteiger partial charge in [-0.3, -0.25) is 0 Å². The predicted octanol–water partition coefficient (Wildman–Crippen LogP) is 6.84. The van der Waals surface area contributed by atoms with Crippen molar-refractivity contribution in [3.63, 3.8) is 0 Å². The smallest absolute Gasteiger partial charge is 0.393 e. The lowest BCUT2D eigenvalue weighted by atomic mass is 10.0. The normalized spacial score (nSPS) is 15.0. The van der Waals surface area contributed by atoms with E-state index < -0.39 is 26.4 Å². The first-order valence-corrected chi connectivity index (χ1v) is 17.2. The second kappa shape index (κ2) is 14.3. The minimum absolute atomic E-state index is 0.0404. The Hall–Kier alpha value is -2.84. The highest BCUT2D eigenvalue weighted by atomic mass is 32.1. The first kappa shape index (κ1) is 33.1. The molecule has 0 amide bonds. The number of nitrogens with one attached hydrogen (secondary N) is 2. The predicted molar refractivity (Wildman–Crippen MR) is 164 cm³/mol. The molecule has 2 aromatic carbocycles. The van der Waals surface area contributed by atoms with Crippen LogP contribution in [0.5, 0.6) is 5.75 Å². The van der Waals surface area contributed by atoms with Gasteiger partial charge in [0.1, 0.15) is 12.9 Å². The van der Waals surface area contributed by atoms with Gasteiger partial charge in [-0.25, -0.2) is 0 Å². The van der Waals surface area contributed by atoms with Gasteiger partial charge >= 0.3 is 12.8 Å². The third kappa shape index (κ3) is 9.32. The summed E-state index contributed by atoms with van der Waals surface area (Å²) in [5.74, 6) is 5.52. The molecular formula is C30H35F5N3O3PS. The van der Waals surface area contributed by atoms with Crippen molar-refractivity contribution < 1.29 is 36.0 Å². The van der Waals surface area contributed by atoms with Gasteiger partial charge in [0.05, 0.1) is 40.5 Å². The van der Waals surface area contributed by atoms with Crippen molar-refractivity contribution in [1.82, 2.24) is 4.90 Å². The van der Waals surface area contributed by atoms with Gasteiger partial charge in [-0.15, -0.1) is 11.3 Å². The van der Waals surface area contributed by atoms with Crippen LogP contribution in [-0.4, -0.2) is 77.0 Å².